The van der Waals surface area contributed by atoms with Crippen molar-refractivity contribution in [2.45, 2.75) is 155 Å². The number of Topliss-reactive ketones (excluding diaryl/α,β-unsaturated/α-hetero) is 2. The van der Waals surface area contributed by atoms with E-state index in [4.69, 9.17) is 32.7 Å². The van der Waals surface area contributed by atoms with Gasteiger partial charge in [-0.2, -0.15) is 0 Å². The molecule has 0 radical (unpaired) electrons. The minimum absolute atomic E-state index is 0.0338. The van der Waals surface area contributed by atoms with Gasteiger partial charge in [0.1, 0.15) is 17.5 Å². The first-order chi connectivity index (χ1) is 40.7. The van der Waals surface area contributed by atoms with E-state index in [1.807, 2.05) is 26.8 Å². The number of aryl methyl sites for hydroxylation is 3. The Kier molecular flexibility index (Phi) is 22.2. The van der Waals surface area contributed by atoms with Crippen LogP contribution >= 0.6 is 23.2 Å². The second-order valence-electron chi connectivity index (χ2n) is 24.2. The fraction of sp³-hybridized carbons (Fsp3) is 0.368. The number of anilines is 3. The minimum Gasteiger partial charge on any atom is -0.493 e. The largest absolute Gasteiger partial charge is 0.493 e. The molecule has 1 aliphatic rings. The first kappa shape index (κ1) is 68.3. The summed E-state index contributed by atoms with van der Waals surface area (Å²) in [5.41, 5.74) is 5.20. The number of benzene rings is 6. The molecule has 0 aliphatic carbocycles. The molecule has 0 saturated carbocycles. The lowest BCUT2D eigenvalue weighted by Crippen LogP contribution is -2.52. The third-order valence-corrected chi connectivity index (χ3v) is 18.1. The zero-order valence-corrected chi connectivity index (χ0v) is 54.3. The summed E-state index contributed by atoms with van der Waals surface area (Å²) in [4.78, 5) is 94.2. The zero-order chi connectivity index (χ0) is 64.5. The fourth-order valence-electron chi connectivity index (χ4n) is 9.04. The molecular formula is C68H79Cl2N5O11S. The average molecular weight is 1250 g/mol. The van der Waals surface area contributed by atoms with Crippen molar-refractivity contribution in [3.05, 3.63) is 171 Å². The molecule has 7 rings (SSSR count). The van der Waals surface area contributed by atoms with Crippen molar-refractivity contribution in [2.24, 2.45) is 5.41 Å². The number of ketones is 2. The molecular weight excluding hydrogens is 1170 g/mol. The predicted molar refractivity (Wildman–Crippen MR) is 342 cm³/mol. The molecule has 3 atom stereocenters. The number of nitrogens with zero attached hydrogens (tertiary/aromatic N) is 2. The average Bonchev–Trinajstić information content (AvgIpc) is 2.54. The lowest BCUT2D eigenvalue weighted by atomic mass is 9.76. The molecule has 6 amide bonds. The topological polar surface area (TPSA) is 215 Å². The Balaban J connectivity index is 0.000000337. The maximum atomic E-state index is 13.7. The quantitative estimate of drug-likeness (QED) is 0.0252. The molecule has 1 fully saturated rings. The maximum absolute atomic E-state index is 13.7. The van der Waals surface area contributed by atoms with Gasteiger partial charge >= 0.3 is 6.03 Å². The number of carbonyl (C=O) groups is 7. The number of nitrogens with one attached hydrogen (secondary N) is 3. The van der Waals surface area contributed by atoms with Gasteiger partial charge in [-0.3, -0.25) is 28.8 Å². The number of urea groups is 1. The van der Waals surface area contributed by atoms with E-state index in [2.05, 4.69) is 69.6 Å². The van der Waals surface area contributed by atoms with E-state index in [1.54, 1.807) is 88.4 Å². The first-order valence-corrected chi connectivity index (χ1v) is 31.0. The van der Waals surface area contributed by atoms with Crippen LogP contribution in [0.3, 0.4) is 0 Å². The Morgan fingerprint density at radius 1 is 0.644 bits per heavy atom. The van der Waals surface area contributed by atoms with Crippen molar-refractivity contribution in [3.8, 4) is 11.5 Å². The molecule has 1 aliphatic heterocycles. The van der Waals surface area contributed by atoms with Crippen molar-refractivity contribution < 1.29 is 51.5 Å². The number of carbonyl (C=O) groups excluding carboxylic acids is 7. The number of imide groups is 1. The summed E-state index contributed by atoms with van der Waals surface area (Å²) in [6.07, 6.45) is 1.03. The third-order valence-electron chi connectivity index (χ3n) is 15.7. The van der Waals surface area contributed by atoms with Gasteiger partial charge in [-0.05, 0) is 142 Å². The molecule has 0 aromatic heterocycles. The number of ether oxygens (including phenoxy) is 2. The Bertz CT molecular complexity index is 3640. The molecule has 0 bridgehead atoms. The van der Waals surface area contributed by atoms with E-state index in [0.29, 0.717) is 24.4 Å². The van der Waals surface area contributed by atoms with Crippen LogP contribution in [0.1, 0.15) is 133 Å². The molecule has 3 N–H and O–H groups in total. The van der Waals surface area contributed by atoms with Gasteiger partial charge in [0.15, 0.2) is 17.6 Å². The highest BCUT2D eigenvalue weighted by molar-refractivity contribution is 7.91. The van der Waals surface area contributed by atoms with Gasteiger partial charge in [-0.15, -0.1) is 0 Å². The summed E-state index contributed by atoms with van der Waals surface area (Å²) in [6.45, 7) is 25.7. The van der Waals surface area contributed by atoms with Gasteiger partial charge in [-0.1, -0.05) is 151 Å². The SMILES string of the molecule is CCC(C)(C)c1ccc(OCCCC(=O)Nc2ccc(Cl)c(NC(=O)C(Oc3ccc(S(=O)(=O)c4ccc(C)cc4)cc3)C(=O)C(C)(C)C)c2)c(C(C)(C)CC)c1.Cc1ccc(C(=O)C(C(=O)Nc2cc(C)ccc2Cl)N2C(=O)C(C)N(C)C2=O)cc1. The van der Waals surface area contributed by atoms with Gasteiger partial charge in [0, 0.05) is 35.7 Å². The number of halogens is 2. The predicted octanol–water partition coefficient (Wildman–Crippen LogP) is 14.1. The first-order valence-electron chi connectivity index (χ1n) is 28.8. The van der Waals surface area contributed by atoms with Gasteiger partial charge in [0.2, 0.25) is 21.8 Å². The number of hydrogen-bond donors (Lipinski definition) is 3. The van der Waals surface area contributed by atoms with Crippen LogP contribution in [0.15, 0.2) is 137 Å². The monoisotopic (exact) mass is 1240 g/mol. The molecule has 1 heterocycles. The van der Waals surface area contributed by atoms with Crippen molar-refractivity contribution >= 4 is 91.3 Å². The van der Waals surface area contributed by atoms with E-state index in [-0.39, 0.29) is 60.0 Å². The summed E-state index contributed by atoms with van der Waals surface area (Å²) >= 11 is 12.6. The number of hydrogen-bond acceptors (Lipinski definition) is 11. The normalized spacial score (nSPS) is 14.3. The minimum atomic E-state index is -3.80. The van der Waals surface area contributed by atoms with Crippen LogP contribution in [0.2, 0.25) is 10.0 Å². The Morgan fingerprint density at radius 2 is 1.17 bits per heavy atom. The van der Waals surface area contributed by atoms with Crippen molar-refractivity contribution in [1.29, 1.82) is 0 Å². The summed E-state index contributed by atoms with van der Waals surface area (Å²) in [5, 5.41) is 8.60. The van der Waals surface area contributed by atoms with Crippen LogP contribution in [0, 0.1) is 26.2 Å². The number of sulfone groups is 1. The molecule has 87 heavy (non-hydrogen) atoms. The lowest BCUT2D eigenvalue weighted by molar-refractivity contribution is -0.140. The van der Waals surface area contributed by atoms with Crippen LogP contribution in [0.25, 0.3) is 0 Å². The van der Waals surface area contributed by atoms with Gasteiger partial charge in [0.25, 0.3) is 17.7 Å². The molecule has 6 aromatic carbocycles. The van der Waals surface area contributed by atoms with Crippen molar-refractivity contribution in [2.75, 3.05) is 29.6 Å². The molecule has 16 nitrogen and oxygen atoms in total. The summed E-state index contributed by atoms with van der Waals surface area (Å²) in [6, 6.07) is 31.6. The number of rotatable bonds is 22. The summed E-state index contributed by atoms with van der Waals surface area (Å²) in [7, 11) is -2.35. The Morgan fingerprint density at radius 3 is 1.72 bits per heavy atom. The third kappa shape index (κ3) is 16.8. The van der Waals surface area contributed by atoms with Gasteiger partial charge < -0.3 is 30.3 Å². The van der Waals surface area contributed by atoms with Gasteiger partial charge in [0.05, 0.1) is 37.8 Å². The van der Waals surface area contributed by atoms with Crippen LogP contribution < -0.4 is 25.4 Å². The molecule has 462 valence electrons. The zero-order valence-electron chi connectivity index (χ0n) is 51.9. The molecule has 1 saturated heterocycles. The summed E-state index contributed by atoms with van der Waals surface area (Å²) < 4.78 is 38.5. The van der Waals surface area contributed by atoms with E-state index >= 15 is 0 Å². The van der Waals surface area contributed by atoms with E-state index in [1.165, 1.54) is 66.0 Å². The van der Waals surface area contributed by atoms with Crippen LogP contribution in [0.4, 0.5) is 21.9 Å². The molecule has 3 unspecified atom stereocenters. The second kappa shape index (κ2) is 28.3. The smallest absolute Gasteiger partial charge is 0.328 e. The molecule has 0 spiro atoms. The lowest BCUT2D eigenvalue weighted by Gasteiger charge is -2.30. The van der Waals surface area contributed by atoms with E-state index < -0.39 is 68.8 Å². The van der Waals surface area contributed by atoms with Crippen molar-refractivity contribution in [1.82, 2.24) is 9.80 Å². The standard InChI is InChI=1S/C46H57ClN2O7S.C22H22ClN3O4/c1-11-45(7,8)31-17-26-39(36(28-31)46(9,10)12-2)55-27-13-14-40(50)48-32-18-25-37(47)38(29-32)49-43(52)41(42(51)44(4,5)6)56-33-19-23-35(24-20-33)57(53,54)34-21-15-30(3)16-22-34;1-12-5-8-15(9-6-12)19(27)18(26-21(29)14(3)25(4)22(26)30)20(28)24-17-11-13(2)7-10-16(17)23/h15-26,28-29,41H,11-14,27H2,1-10H3,(H,48,50)(H,49,52);5-11,14,18H,1-4H3,(H,24,28). The van der Waals surface area contributed by atoms with Crippen LogP contribution in [-0.2, 0) is 44.6 Å². The van der Waals surface area contributed by atoms with Gasteiger partial charge in [-0.25, -0.2) is 18.1 Å². The summed E-state index contributed by atoms with van der Waals surface area (Å²) in [5.74, 6) is -2.67. The maximum Gasteiger partial charge on any atom is 0.328 e. The highest BCUT2D eigenvalue weighted by atomic mass is 35.5. The Hall–Kier alpha value is -7.86. The number of amides is 6. The van der Waals surface area contributed by atoms with E-state index in [0.717, 1.165) is 45.7 Å². The Labute approximate surface area is 521 Å². The molecule has 6 aromatic rings. The van der Waals surface area contributed by atoms with Crippen molar-refractivity contribution in [3.63, 3.8) is 0 Å². The molecule has 19 heteroatoms. The van der Waals surface area contributed by atoms with Crippen LogP contribution in [0.5, 0.6) is 11.5 Å². The highest BCUT2D eigenvalue weighted by Gasteiger charge is 2.49. The number of likely N-dealkylation sites (N-methyl/N-ethyl adjacent to an activating group) is 1. The fourth-order valence-corrected chi connectivity index (χ4v) is 10.6. The van der Waals surface area contributed by atoms with Crippen LogP contribution in [-0.4, -0.2) is 91.3 Å². The van der Waals surface area contributed by atoms with E-state index in [9.17, 15) is 42.0 Å². The highest BCUT2D eigenvalue weighted by Crippen LogP contribution is 2.39. The second-order valence-corrected chi connectivity index (χ2v) is 26.9.